The van der Waals surface area contributed by atoms with Crippen LogP contribution in [0.1, 0.15) is 107 Å². The highest BCUT2D eigenvalue weighted by molar-refractivity contribution is 5.33. The molecule has 142 valence electrons. The van der Waals surface area contributed by atoms with Gasteiger partial charge < -0.3 is 0 Å². The first kappa shape index (κ1) is 19.5. The summed E-state index contributed by atoms with van der Waals surface area (Å²) in [5.41, 5.74) is 2.24. The maximum absolute atomic E-state index is 8.96. The maximum atomic E-state index is 8.96. The van der Waals surface area contributed by atoms with E-state index < -0.39 is 0 Å². The topological polar surface area (TPSA) is 23.8 Å². The number of hydrogen-bond acceptors (Lipinski definition) is 1. The van der Waals surface area contributed by atoms with Gasteiger partial charge in [0.05, 0.1) is 11.6 Å². The Labute approximate surface area is 161 Å². The Morgan fingerprint density at radius 3 is 2.00 bits per heavy atom. The molecule has 0 atom stereocenters. The first-order chi connectivity index (χ1) is 12.8. The molecule has 2 aliphatic rings. The summed E-state index contributed by atoms with van der Waals surface area (Å²) in [4.78, 5) is 0. The van der Waals surface area contributed by atoms with Crippen molar-refractivity contribution in [2.45, 2.75) is 96.3 Å². The van der Waals surface area contributed by atoms with Crippen molar-refractivity contribution in [3.05, 3.63) is 35.4 Å². The molecule has 2 fully saturated rings. The van der Waals surface area contributed by atoms with Crippen LogP contribution in [0.2, 0.25) is 0 Å². The van der Waals surface area contributed by atoms with E-state index in [1.807, 2.05) is 12.1 Å². The lowest BCUT2D eigenvalue weighted by Gasteiger charge is -2.38. The lowest BCUT2D eigenvalue weighted by atomic mass is 9.68. The first-order valence-electron chi connectivity index (χ1n) is 11.3. The van der Waals surface area contributed by atoms with Crippen molar-refractivity contribution in [2.75, 3.05) is 0 Å². The number of nitrogens with zero attached hydrogens (tertiary/aromatic N) is 1. The molecule has 2 saturated carbocycles. The van der Waals surface area contributed by atoms with Crippen molar-refractivity contribution in [1.82, 2.24) is 0 Å². The van der Waals surface area contributed by atoms with Gasteiger partial charge >= 0.3 is 0 Å². The number of hydrogen-bond donors (Lipinski definition) is 0. The Morgan fingerprint density at radius 1 is 0.808 bits per heavy atom. The van der Waals surface area contributed by atoms with E-state index in [4.69, 9.17) is 5.26 Å². The standard InChI is InChI=1S/C25H37N/c1-2-3-4-5-6-20-7-11-22(12-8-20)24-15-17-25(18-16-24)23-13-9-21(19-26)10-14-23/h9-10,13-14,20,22,24-25H,2-8,11-12,15-18H2,1H3/t20-,22-,24-,25-. The summed E-state index contributed by atoms with van der Waals surface area (Å²) in [6, 6.07) is 10.6. The second kappa shape index (κ2) is 10.1. The van der Waals surface area contributed by atoms with Crippen LogP contribution in [0.15, 0.2) is 24.3 Å². The Balaban J connectivity index is 1.38. The molecule has 0 spiro atoms. The van der Waals surface area contributed by atoms with E-state index >= 15 is 0 Å². The molecule has 0 heterocycles. The molecule has 1 nitrogen and oxygen atoms in total. The third-order valence-electron chi connectivity index (χ3n) is 7.31. The second-order valence-corrected chi connectivity index (χ2v) is 8.98. The lowest BCUT2D eigenvalue weighted by molar-refractivity contribution is 0.155. The highest BCUT2D eigenvalue weighted by atomic mass is 14.4. The van der Waals surface area contributed by atoms with Crippen LogP contribution in [0.4, 0.5) is 0 Å². The van der Waals surface area contributed by atoms with Gasteiger partial charge in [-0.15, -0.1) is 0 Å². The number of nitriles is 1. The molecule has 0 amide bonds. The van der Waals surface area contributed by atoms with Gasteiger partial charge in [-0.1, -0.05) is 64.0 Å². The average molecular weight is 352 g/mol. The molecule has 0 aromatic heterocycles. The van der Waals surface area contributed by atoms with Crippen LogP contribution < -0.4 is 0 Å². The largest absolute Gasteiger partial charge is 0.192 e. The molecule has 0 bridgehead atoms. The molecule has 0 saturated heterocycles. The van der Waals surface area contributed by atoms with Crippen molar-refractivity contribution in [2.24, 2.45) is 17.8 Å². The molecule has 1 heteroatoms. The molecular formula is C25H37N. The van der Waals surface area contributed by atoms with Crippen LogP contribution >= 0.6 is 0 Å². The highest BCUT2D eigenvalue weighted by Gasteiger charge is 2.31. The van der Waals surface area contributed by atoms with E-state index in [1.165, 1.54) is 89.0 Å². The van der Waals surface area contributed by atoms with Crippen LogP contribution in [0.5, 0.6) is 0 Å². The van der Waals surface area contributed by atoms with E-state index in [-0.39, 0.29) is 0 Å². The molecule has 1 aromatic carbocycles. The molecule has 0 aliphatic heterocycles. The number of unbranched alkanes of at least 4 members (excludes halogenated alkanes) is 3. The van der Waals surface area contributed by atoms with Gasteiger partial charge in [0.1, 0.15) is 0 Å². The minimum atomic E-state index is 0.730. The normalized spacial score (nSPS) is 29.2. The van der Waals surface area contributed by atoms with Gasteiger partial charge in [0.2, 0.25) is 0 Å². The summed E-state index contributed by atoms with van der Waals surface area (Å²) in [6.45, 7) is 2.31. The van der Waals surface area contributed by atoms with E-state index in [0.29, 0.717) is 0 Å². The van der Waals surface area contributed by atoms with Crippen molar-refractivity contribution < 1.29 is 0 Å². The molecule has 0 N–H and O–H groups in total. The average Bonchev–Trinajstić information content (AvgIpc) is 2.72. The molecule has 0 radical (unpaired) electrons. The van der Waals surface area contributed by atoms with E-state index in [2.05, 4.69) is 25.1 Å². The predicted molar refractivity (Wildman–Crippen MR) is 110 cm³/mol. The Bertz CT molecular complexity index is 551. The van der Waals surface area contributed by atoms with Gasteiger partial charge in [0.15, 0.2) is 0 Å². The summed E-state index contributed by atoms with van der Waals surface area (Å²) in [5, 5.41) is 8.96. The Morgan fingerprint density at radius 2 is 1.42 bits per heavy atom. The molecule has 26 heavy (non-hydrogen) atoms. The SMILES string of the molecule is CCCCCC[C@H]1CC[C@H]([C@H]2CC[C@H](c3ccc(C#N)cc3)CC2)CC1. The summed E-state index contributed by atoms with van der Waals surface area (Å²) in [5.74, 6) is 3.78. The van der Waals surface area contributed by atoms with Crippen LogP contribution in [0, 0.1) is 29.1 Å². The van der Waals surface area contributed by atoms with Crippen LogP contribution in [0.25, 0.3) is 0 Å². The van der Waals surface area contributed by atoms with Gasteiger partial charge in [-0.3, -0.25) is 0 Å². The predicted octanol–water partition coefficient (Wildman–Crippen LogP) is 7.61. The van der Waals surface area contributed by atoms with Crippen molar-refractivity contribution in [3.8, 4) is 6.07 Å². The zero-order valence-electron chi connectivity index (χ0n) is 16.8. The van der Waals surface area contributed by atoms with Crippen LogP contribution in [-0.4, -0.2) is 0 Å². The Hall–Kier alpha value is -1.29. The molecule has 1 aromatic rings. The quantitative estimate of drug-likeness (QED) is 0.464. The van der Waals surface area contributed by atoms with Crippen molar-refractivity contribution in [3.63, 3.8) is 0 Å². The van der Waals surface area contributed by atoms with Gasteiger partial charge in [0, 0.05) is 0 Å². The molecular weight excluding hydrogens is 314 g/mol. The molecule has 2 aliphatic carbocycles. The van der Waals surface area contributed by atoms with Gasteiger partial charge in [-0.2, -0.15) is 5.26 Å². The fourth-order valence-electron chi connectivity index (χ4n) is 5.56. The summed E-state index contributed by atoms with van der Waals surface area (Å²) >= 11 is 0. The molecule has 0 unspecified atom stereocenters. The van der Waals surface area contributed by atoms with E-state index in [9.17, 15) is 0 Å². The fourth-order valence-corrected chi connectivity index (χ4v) is 5.56. The number of benzene rings is 1. The summed E-state index contributed by atoms with van der Waals surface area (Å²) in [7, 11) is 0. The van der Waals surface area contributed by atoms with Gasteiger partial charge in [0.25, 0.3) is 0 Å². The molecule has 3 rings (SSSR count). The van der Waals surface area contributed by atoms with E-state index in [1.54, 1.807) is 0 Å². The minimum absolute atomic E-state index is 0.730. The van der Waals surface area contributed by atoms with Crippen LogP contribution in [-0.2, 0) is 0 Å². The highest BCUT2D eigenvalue weighted by Crippen LogP contribution is 2.44. The van der Waals surface area contributed by atoms with Crippen molar-refractivity contribution >= 4 is 0 Å². The Kier molecular flexibility index (Phi) is 7.60. The second-order valence-electron chi connectivity index (χ2n) is 8.98. The van der Waals surface area contributed by atoms with E-state index in [0.717, 1.165) is 29.2 Å². The maximum Gasteiger partial charge on any atom is 0.0991 e. The van der Waals surface area contributed by atoms with Gasteiger partial charge in [-0.05, 0) is 79.9 Å². The van der Waals surface area contributed by atoms with Gasteiger partial charge in [-0.25, -0.2) is 0 Å². The smallest absolute Gasteiger partial charge is 0.0991 e. The number of rotatable bonds is 7. The third kappa shape index (κ3) is 5.35. The zero-order chi connectivity index (χ0) is 18.2. The van der Waals surface area contributed by atoms with Crippen LogP contribution in [0.3, 0.4) is 0 Å². The monoisotopic (exact) mass is 351 g/mol. The lowest BCUT2D eigenvalue weighted by Crippen LogP contribution is -2.25. The van der Waals surface area contributed by atoms with Crippen molar-refractivity contribution in [1.29, 1.82) is 5.26 Å². The zero-order valence-corrected chi connectivity index (χ0v) is 16.8. The summed E-state index contributed by atoms with van der Waals surface area (Å²) < 4.78 is 0. The fraction of sp³-hybridized carbons (Fsp3) is 0.720. The first-order valence-corrected chi connectivity index (χ1v) is 11.3. The third-order valence-corrected chi connectivity index (χ3v) is 7.31. The summed E-state index contributed by atoms with van der Waals surface area (Å²) in [6.07, 6.45) is 18.8. The minimum Gasteiger partial charge on any atom is -0.192 e.